The maximum Gasteiger partial charge on any atom is 0.287 e. The van der Waals surface area contributed by atoms with Crippen LogP contribution in [0.5, 0.6) is 0 Å². The van der Waals surface area contributed by atoms with Gasteiger partial charge in [0.15, 0.2) is 11.0 Å². The summed E-state index contributed by atoms with van der Waals surface area (Å²) in [5, 5.41) is 11.6. The number of aliphatic hydroxyl groups excluding tert-OH is 1. The average molecular weight is 232 g/mol. The van der Waals surface area contributed by atoms with Crippen molar-refractivity contribution in [2.75, 3.05) is 13.2 Å². The van der Waals surface area contributed by atoms with E-state index in [4.69, 9.17) is 21.1 Å². The van der Waals surface area contributed by atoms with Crippen LogP contribution in [0.2, 0.25) is 5.22 Å². The zero-order chi connectivity index (χ0) is 11.3. The number of amides is 1. The predicted molar refractivity (Wildman–Crippen MR) is 56.9 cm³/mol. The minimum absolute atomic E-state index is 0.129. The minimum Gasteiger partial charge on any atom is -0.440 e. The highest BCUT2D eigenvalue weighted by molar-refractivity contribution is 6.29. The van der Waals surface area contributed by atoms with Crippen LogP contribution in [0.1, 0.15) is 23.9 Å². The van der Waals surface area contributed by atoms with Gasteiger partial charge in [0.05, 0.1) is 0 Å². The van der Waals surface area contributed by atoms with Gasteiger partial charge in [-0.25, -0.2) is 0 Å². The third-order valence-corrected chi connectivity index (χ3v) is 2.23. The number of carbonyl (C=O) groups is 1. The quantitative estimate of drug-likeness (QED) is 0.811. The molecule has 15 heavy (non-hydrogen) atoms. The van der Waals surface area contributed by atoms with E-state index in [0.717, 1.165) is 0 Å². The van der Waals surface area contributed by atoms with Gasteiger partial charge in [-0.2, -0.15) is 0 Å². The lowest BCUT2D eigenvalue weighted by atomic mass is 10.1. The topological polar surface area (TPSA) is 62.5 Å². The van der Waals surface area contributed by atoms with E-state index in [1.54, 1.807) is 0 Å². The lowest BCUT2D eigenvalue weighted by molar-refractivity contribution is 0.0918. The number of aliphatic hydroxyl groups is 1. The Hall–Kier alpha value is -1.00. The zero-order valence-corrected chi connectivity index (χ0v) is 9.25. The van der Waals surface area contributed by atoms with Crippen molar-refractivity contribution in [3.63, 3.8) is 0 Å². The molecule has 1 rings (SSSR count). The maximum atomic E-state index is 11.4. The van der Waals surface area contributed by atoms with Crippen LogP contribution in [0.15, 0.2) is 16.5 Å². The van der Waals surface area contributed by atoms with Crippen LogP contribution in [0.4, 0.5) is 0 Å². The zero-order valence-electron chi connectivity index (χ0n) is 8.50. The van der Waals surface area contributed by atoms with Crippen LogP contribution in [-0.4, -0.2) is 24.2 Å². The Bertz CT molecular complexity index is 324. The number of nitrogens with one attached hydrogen (secondary N) is 1. The molecule has 0 aromatic carbocycles. The molecule has 0 aliphatic carbocycles. The van der Waals surface area contributed by atoms with Gasteiger partial charge < -0.3 is 14.8 Å². The molecule has 0 aliphatic rings. The minimum atomic E-state index is -0.285. The Balaban J connectivity index is 2.36. The molecule has 1 amide bonds. The van der Waals surface area contributed by atoms with E-state index in [-0.39, 0.29) is 29.4 Å². The highest BCUT2D eigenvalue weighted by Crippen LogP contribution is 2.12. The third-order valence-electron chi connectivity index (χ3n) is 2.03. The Morgan fingerprint density at radius 2 is 2.40 bits per heavy atom. The van der Waals surface area contributed by atoms with Crippen molar-refractivity contribution < 1.29 is 14.3 Å². The molecule has 84 valence electrons. The number of rotatable bonds is 5. The molecule has 0 saturated carbocycles. The fraction of sp³-hybridized carbons (Fsp3) is 0.500. The van der Waals surface area contributed by atoms with E-state index in [1.165, 1.54) is 12.1 Å². The van der Waals surface area contributed by atoms with Crippen molar-refractivity contribution in [2.24, 2.45) is 5.92 Å². The van der Waals surface area contributed by atoms with E-state index in [2.05, 4.69) is 5.32 Å². The van der Waals surface area contributed by atoms with Gasteiger partial charge in [-0.15, -0.1) is 0 Å². The second-order valence-electron chi connectivity index (χ2n) is 3.43. The Morgan fingerprint density at radius 3 is 2.93 bits per heavy atom. The van der Waals surface area contributed by atoms with E-state index >= 15 is 0 Å². The number of hydrogen-bond donors (Lipinski definition) is 2. The monoisotopic (exact) mass is 231 g/mol. The average Bonchev–Trinajstić information content (AvgIpc) is 2.62. The molecule has 0 saturated heterocycles. The molecule has 1 heterocycles. The van der Waals surface area contributed by atoms with Crippen LogP contribution < -0.4 is 5.32 Å². The Labute approximate surface area is 93.2 Å². The predicted octanol–water partition coefficient (Wildman–Crippen LogP) is 1.68. The third kappa shape index (κ3) is 3.93. The second-order valence-corrected chi connectivity index (χ2v) is 3.80. The molecule has 2 N–H and O–H groups in total. The first-order valence-electron chi connectivity index (χ1n) is 4.78. The smallest absolute Gasteiger partial charge is 0.287 e. The number of halogens is 1. The van der Waals surface area contributed by atoms with Crippen molar-refractivity contribution in [2.45, 2.75) is 13.3 Å². The summed E-state index contributed by atoms with van der Waals surface area (Å²) in [5.74, 6) is 0.160. The van der Waals surface area contributed by atoms with E-state index in [0.29, 0.717) is 13.0 Å². The largest absolute Gasteiger partial charge is 0.440 e. The first kappa shape index (κ1) is 12.1. The summed E-state index contributed by atoms with van der Waals surface area (Å²) in [6, 6.07) is 3.04. The molecule has 0 bridgehead atoms. The normalized spacial score (nSPS) is 12.5. The van der Waals surface area contributed by atoms with Crippen molar-refractivity contribution >= 4 is 17.5 Å². The van der Waals surface area contributed by atoms with Gasteiger partial charge >= 0.3 is 0 Å². The van der Waals surface area contributed by atoms with Gasteiger partial charge in [0.1, 0.15) is 0 Å². The summed E-state index contributed by atoms with van der Waals surface area (Å²) >= 11 is 5.54. The molecule has 0 radical (unpaired) electrons. The second kappa shape index (κ2) is 5.78. The van der Waals surface area contributed by atoms with Crippen LogP contribution in [-0.2, 0) is 0 Å². The van der Waals surface area contributed by atoms with Gasteiger partial charge in [-0.05, 0) is 36.1 Å². The first-order chi connectivity index (χ1) is 7.13. The molecule has 1 aromatic heterocycles. The molecule has 0 aliphatic heterocycles. The summed E-state index contributed by atoms with van der Waals surface area (Å²) in [5.41, 5.74) is 0. The molecule has 0 spiro atoms. The molecular formula is C10H14ClNO3. The van der Waals surface area contributed by atoms with Crippen molar-refractivity contribution in [3.05, 3.63) is 23.1 Å². The summed E-state index contributed by atoms with van der Waals surface area (Å²) < 4.78 is 4.94. The Morgan fingerprint density at radius 1 is 1.67 bits per heavy atom. The van der Waals surface area contributed by atoms with Gasteiger partial charge in [0, 0.05) is 13.2 Å². The van der Waals surface area contributed by atoms with Gasteiger partial charge in [-0.3, -0.25) is 4.79 Å². The number of hydrogen-bond acceptors (Lipinski definition) is 3. The van der Waals surface area contributed by atoms with Crippen molar-refractivity contribution in [3.8, 4) is 0 Å². The Kier molecular flexibility index (Phi) is 4.65. The highest BCUT2D eigenvalue weighted by Gasteiger charge is 2.11. The first-order valence-corrected chi connectivity index (χ1v) is 5.15. The summed E-state index contributed by atoms with van der Waals surface area (Å²) in [6.07, 6.45) is 0.666. The van der Waals surface area contributed by atoms with Gasteiger partial charge in [-0.1, -0.05) is 6.92 Å². The maximum absolute atomic E-state index is 11.4. The lowest BCUT2D eigenvalue weighted by Gasteiger charge is -2.09. The molecule has 1 atom stereocenters. The fourth-order valence-electron chi connectivity index (χ4n) is 1.11. The van der Waals surface area contributed by atoms with E-state index in [1.807, 2.05) is 6.92 Å². The van der Waals surface area contributed by atoms with Crippen LogP contribution >= 0.6 is 11.6 Å². The van der Waals surface area contributed by atoms with E-state index < -0.39 is 0 Å². The summed E-state index contributed by atoms with van der Waals surface area (Å²) in [4.78, 5) is 11.4. The molecule has 4 nitrogen and oxygen atoms in total. The molecule has 0 fully saturated rings. The van der Waals surface area contributed by atoms with Crippen LogP contribution in [0.25, 0.3) is 0 Å². The van der Waals surface area contributed by atoms with Crippen molar-refractivity contribution in [1.82, 2.24) is 5.32 Å². The van der Waals surface area contributed by atoms with E-state index in [9.17, 15) is 4.79 Å². The van der Waals surface area contributed by atoms with Crippen molar-refractivity contribution in [1.29, 1.82) is 0 Å². The fourth-order valence-corrected chi connectivity index (χ4v) is 1.26. The van der Waals surface area contributed by atoms with Crippen LogP contribution in [0.3, 0.4) is 0 Å². The summed E-state index contributed by atoms with van der Waals surface area (Å²) in [6.45, 7) is 2.59. The molecule has 1 aromatic rings. The summed E-state index contributed by atoms with van der Waals surface area (Å²) in [7, 11) is 0. The van der Waals surface area contributed by atoms with Crippen LogP contribution in [0, 0.1) is 5.92 Å². The SMILES string of the molecule is CC(CCO)CNC(=O)c1ccc(Cl)o1. The van der Waals surface area contributed by atoms with Gasteiger partial charge in [0.2, 0.25) is 0 Å². The molecule has 1 unspecified atom stereocenters. The number of carbonyl (C=O) groups excluding carboxylic acids is 1. The molecule has 5 heteroatoms. The van der Waals surface area contributed by atoms with Gasteiger partial charge in [0.25, 0.3) is 5.91 Å². The lowest BCUT2D eigenvalue weighted by Crippen LogP contribution is -2.28. The standard InChI is InChI=1S/C10H14ClNO3/c1-7(4-5-13)6-12-10(14)8-2-3-9(11)15-8/h2-3,7,13H,4-6H2,1H3,(H,12,14). The molecular weight excluding hydrogens is 218 g/mol. The number of furan rings is 1. The highest BCUT2D eigenvalue weighted by atomic mass is 35.5.